The average Bonchev–Trinajstić information content (AvgIpc) is 3.02. The lowest BCUT2D eigenvalue weighted by atomic mass is 9.81. The van der Waals surface area contributed by atoms with E-state index in [-0.39, 0.29) is 5.41 Å². The molecule has 16 heavy (non-hydrogen) atoms. The second-order valence-corrected chi connectivity index (χ2v) is 5.73. The maximum Gasteiger partial charge on any atom is 0.00682 e. The van der Waals surface area contributed by atoms with E-state index < -0.39 is 0 Å². The molecule has 0 spiro atoms. The van der Waals surface area contributed by atoms with Gasteiger partial charge in [-0.3, -0.25) is 0 Å². The van der Waals surface area contributed by atoms with E-state index in [0.29, 0.717) is 0 Å². The number of aryl methyl sites for hydroxylation is 1. The topological polar surface area (TPSA) is 12.0 Å². The van der Waals surface area contributed by atoms with Crippen LogP contribution in [0.25, 0.3) is 0 Å². The van der Waals surface area contributed by atoms with Crippen molar-refractivity contribution < 1.29 is 0 Å². The fraction of sp³-hybridized carbons (Fsp3) is 0.600. The van der Waals surface area contributed by atoms with Crippen molar-refractivity contribution in [3.05, 3.63) is 35.4 Å². The zero-order chi connectivity index (χ0) is 11.6. The van der Waals surface area contributed by atoms with Gasteiger partial charge in [-0.2, -0.15) is 0 Å². The zero-order valence-corrected chi connectivity index (χ0v) is 10.7. The van der Waals surface area contributed by atoms with Crippen LogP contribution >= 0.6 is 0 Å². The van der Waals surface area contributed by atoms with Crippen molar-refractivity contribution in [3.63, 3.8) is 0 Å². The molecule has 1 aliphatic rings. The van der Waals surface area contributed by atoms with Crippen molar-refractivity contribution in [2.45, 2.75) is 51.5 Å². The van der Waals surface area contributed by atoms with Gasteiger partial charge >= 0.3 is 0 Å². The van der Waals surface area contributed by atoms with Crippen LogP contribution in [0.4, 0.5) is 0 Å². The molecule has 0 atom stereocenters. The minimum atomic E-state index is 0.287. The fourth-order valence-electron chi connectivity index (χ4n) is 2.03. The van der Waals surface area contributed by atoms with Gasteiger partial charge in [0.05, 0.1) is 0 Å². The maximum atomic E-state index is 3.59. The van der Waals surface area contributed by atoms with Gasteiger partial charge in [0.1, 0.15) is 0 Å². The third-order valence-corrected chi connectivity index (χ3v) is 3.59. The molecule has 1 heteroatoms. The summed E-state index contributed by atoms with van der Waals surface area (Å²) in [6, 6.07) is 9.80. The normalized spacial score (nSPS) is 16.4. The van der Waals surface area contributed by atoms with Crippen molar-refractivity contribution in [3.8, 4) is 0 Å². The van der Waals surface area contributed by atoms with Crippen molar-refractivity contribution in [1.29, 1.82) is 0 Å². The van der Waals surface area contributed by atoms with Gasteiger partial charge in [-0.15, -0.1) is 0 Å². The Morgan fingerprint density at radius 3 is 2.38 bits per heavy atom. The Morgan fingerprint density at radius 1 is 1.19 bits per heavy atom. The van der Waals surface area contributed by atoms with Crippen molar-refractivity contribution >= 4 is 0 Å². The van der Waals surface area contributed by atoms with E-state index in [2.05, 4.69) is 50.4 Å². The molecule has 0 unspecified atom stereocenters. The van der Waals surface area contributed by atoms with E-state index >= 15 is 0 Å². The largest absolute Gasteiger partial charge is 0.314 e. The summed E-state index contributed by atoms with van der Waals surface area (Å²) in [6.07, 6.45) is 3.97. The van der Waals surface area contributed by atoms with Crippen LogP contribution in [0, 0.1) is 6.92 Å². The Bertz CT molecular complexity index is 333. The summed E-state index contributed by atoms with van der Waals surface area (Å²) < 4.78 is 0. The third kappa shape index (κ3) is 3.08. The highest BCUT2D eigenvalue weighted by atomic mass is 14.9. The second-order valence-electron chi connectivity index (χ2n) is 5.73. The van der Waals surface area contributed by atoms with Gasteiger partial charge in [-0.25, -0.2) is 0 Å². The van der Waals surface area contributed by atoms with Crippen LogP contribution in [-0.4, -0.2) is 12.6 Å². The summed E-state index contributed by atoms with van der Waals surface area (Å²) in [5.41, 5.74) is 3.08. The first-order valence-corrected chi connectivity index (χ1v) is 6.38. The minimum Gasteiger partial charge on any atom is -0.314 e. The van der Waals surface area contributed by atoms with Crippen LogP contribution in [0.1, 0.15) is 44.2 Å². The molecule has 0 heterocycles. The molecule has 1 fully saturated rings. The van der Waals surface area contributed by atoms with Crippen LogP contribution < -0.4 is 5.32 Å². The van der Waals surface area contributed by atoms with E-state index in [4.69, 9.17) is 0 Å². The van der Waals surface area contributed by atoms with Gasteiger partial charge in [-0.05, 0) is 43.7 Å². The zero-order valence-electron chi connectivity index (χ0n) is 10.7. The van der Waals surface area contributed by atoms with Gasteiger partial charge in [0, 0.05) is 6.04 Å². The van der Waals surface area contributed by atoms with Crippen molar-refractivity contribution in [2.24, 2.45) is 0 Å². The summed E-state index contributed by atoms with van der Waals surface area (Å²) in [5.74, 6) is 0. The predicted molar refractivity (Wildman–Crippen MR) is 69.8 cm³/mol. The number of rotatable bonds is 5. The van der Waals surface area contributed by atoms with E-state index in [0.717, 1.165) is 12.6 Å². The Kier molecular flexibility index (Phi) is 3.34. The van der Waals surface area contributed by atoms with Gasteiger partial charge < -0.3 is 5.32 Å². The molecule has 1 N–H and O–H groups in total. The lowest BCUT2D eigenvalue weighted by Gasteiger charge is -2.25. The predicted octanol–water partition coefficient (Wildman–Crippen LogP) is 3.41. The van der Waals surface area contributed by atoms with Crippen LogP contribution in [0.15, 0.2) is 24.3 Å². The third-order valence-electron chi connectivity index (χ3n) is 3.59. The number of nitrogens with one attached hydrogen (secondary N) is 1. The summed E-state index contributed by atoms with van der Waals surface area (Å²) >= 11 is 0. The molecular formula is C15H23N. The first-order chi connectivity index (χ1) is 7.58. The second kappa shape index (κ2) is 4.58. The number of benzene rings is 1. The van der Waals surface area contributed by atoms with E-state index in [1.807, 2.05) is 0 Å². The van der Waals surface area contributed by atoms with E-state index in [9.17, 15) is 0 Å². The Hall–Kier alpha value is -0.820. The van der Waals surface area contributed by atoms with E-state index in [1.54, 1.807) is 0 Å². The Balaban J connectivity index is 1.91. The molecule has 0 radical (unpaired) electrons. The SMILES string of the molecule is Cc1ccc(C(C)(C)CCNC2CC2)cc1. The quantitative estimate of drug-likeness (QED) is 0.797. The molecule has 0 amide bonds. The molecule has 0 aromatic heterocycles. The highest BCUT2D eigenvalue weighted by Crippen LogP contribution is 2.27. The summed E-state index contributed by atoms with van der Waals surface area (Å²) in [6.45, 7) is 7.97. The molecule has 2 rings (SSSR count). The molecule has 1 nitrogen and oxygen atoms in total. The van der Waals surface area contributed by atoms with Gasteiger partial charge in [0.25, 0.3) is 0 Å². The monoisotopic (exact) mass is 217 g/mol. The maximum absolute atomic E-state index is 3.59. The van der Waals surface area contributed by atoms with Crippen LogP contribution in [-0.2, 0) is 5.41 Å². The molecule has 0 bridgehead atoms. The summed E-state index contributed by atoms with van der Waals surface area (Å²) in [7, 11) is 0. The van der Waals surface area contributed by atoms with Crippen molar-refractivity contribution in [1.82, 2.24) is 5.32 Å². The van der Waals surface area contributed by atoms with Crippen LogP contribution in [0.3, 0.4) is 0 Å². The smallest absolute Gasteiger partial charge is 0.00682 e. The van der Waals surface area contributed by atoms with Crippen LogP contribution in [0.5, 0.6) is 0 Å². The molecular weight excluding hydrogens is 194 g/mol. The summed E-state index contributed by atoms with van der Waals surface area (Å²) in [5, 5.41) is 3.59. The van der Waals surface area contributed by atoms with Gasteiger partial charge in [0.2, 0.25) is 0 Å². The lowest BCUT2D eigenvalue weighted by molar-refractivity contribution is 0.456. The molecule has 1 saturated carbocycles. The number of hydrogen-bond donors (Lipinski definition) is 1. The number of hydrogen-bond acceptors (Lipinski definition) is 1. The van der Waals surface area contributed by atoms with Gasteiger partial charge in [0.15, 0.2) is 0 Å². The molecule has 88 valence electrons. The highest BCUT2D eigenvalue weighted by Gasteiger charge is 2.23. The van der Waals surface area contributed by atoms with Crippen molar-refractivity contribution in [2.75, 3.05) is 6.54 Å². The van der Waals surface area contributed by atoms with Crippen LogP contribution in [0.2, 0.25) is 0 Å². The molecule has 1 aromatic rings. The Labute approximate surface area is 99.3 Å². The molecule has 0 saturated heterocycles. The van der Waals surface area contributed by atoms with Gasteiger partial charge in [-0.1, -0.05) is 43.7 Å². The molecule has 1 aliphatic carbocycles. The highest BCUT2D eigenvalue weighted by molar-refractivity contribution is 5.27. The summed E-state index contributed by atoms with van der Waals surface area (Å²) in [4.78, 5) is 0. The standard InChI is InChI=1S/C15H23N/c1-12-4-6-13(7-5-12)15(2,3)10-11-16-14-8-9-14/h4-7,14,16H,8-11H2,1-3H3. The lowest BCUT2D eigenvalue weighted by Crippen LogP contribution is -2.26. The average molecular weight is 217 g/mol. The first kappa shape index (κ1) is 11.7. The molecule has 1 aromatic carbocycles. The van der Waals surface area contributed by atoms with E-state index in [1.165, 1.54) is 30.4 Å². The minimum absolute atomic E-state index is 0.287. The Morgan fingerprint density at radius 2 is 1.81 bits per heavy atom. The molecule has 0 aliphatic heterocycles. The first-order valence-electron chi connectivity index (χ1n) is 6.38. The fourth-order valence-corrected chi connectivity index (χ4v) is 2.03.